The average Bonchev–Trinajstić information content (AvgIpc) is 2.88. The number of nitro benzene ring substituents is 1. The molecule has 0 atom stereocenters. The van der Waals surface area contributed by atoms with E-state index in [4.69, 9.17) is 0 Å². The van der Waals surface area contributed by atoms with Gasteiger partial charge in [0, 0.05) is 25.6 Å². The Morgan fingerprint density at radius 2 is 1.59 bits per heavy atom. The van der Waals surface area contributed by atoms with Gasteiger partial charge in [-0.25, -0.2) is 4.68 Å². The molecule has 3 aromatic rings. The maximum absolute atomic E-state index is 12.7. The van der Waals surface area contributed by atoms with Crippen molar-refractivity contribution in [3.63, 3.8) is 0 Å². The summed E-state index contributed by atoms with van der Waals surface area (Å²) >= 11 is 10.2. The van der Waals surface area contributed by atoms with Gasteiger partial charge in [-0.3, -0.25) is 20.0 Å². The van der Waals surface area contributed by atoms with Crippen molar-refractivity contribution in [2.45, 2.75) is 6.92 Å². The smallest absolute Gasteiger partial charge is 0.293 e. The lowest BCUT2D eigenvalue weighted by Gasteiger charge is -2.01. The molecule has 1 aromatic heterocycles. The Balaban J connectivity index is 2.00. The van der Waals surface area contributed by atoms with Crippen LogP contribution in [0.4, 0.5) is 17.1 Å². The van der Waals surface area contributed by atoms with E-state index in [-0.39, 0.29) is 11.4 Å². The molecular weight excluding hydrogens is 550 g/mol. The fraction of sp³-hybridized carbons (Fsp3) is 0.0625. The van der Waals surface area contributed by atoms with Crippen molar-refractivity contribution in [2.24, 2.45) is 10.2 Å². The van der Waals surface area contributed by atoms with Gasteiger partial charge in [0.25, 0.3) is 11.2 Å². The number of hydrogen-bond donors (Lipinski definition) is 1. The summed E-state index contributed by atoms with van der Waals surface area (Å²) in [5.41, 5.74) is 1.21. The molecule has 0 saturated heterocycles. The SMILES string of the molecule is Cc1[nH]n(-c2ccc([N+](=O)[O-])cc2)c(=O)c1N=Nc1c(Br)cc(Br)cc1Br. The first-order valence-corrected chi connectivity index (χ1v) is 9.78. The minimum atomic E-state index is -0.500. The highest BCUT2D eigenvalue weighted by Crippen LogP contribution is 2.37. The van der Waals surface area contributed by atoms with E-state index in [1.807, 2.05) is 12.1 Å². The second-order valence-corrected chi connectivity index (χ2v) is 8.04. The average molecular weight is 560 g/mol. The number of non-ortho nitro benzene ring substituents is 1. The largest absolute Gasteiger partial charge is 0.299 e. The zero-order valence-corrected chi connectivity index (χ0v) is 18.4. The van der Waals surface area contributed by atoms with Crippen LogP contribution in [-0.4, -0.2) is 14.7 Å². The number of rotatable bonds is 4. The molecule has 138 valence electrons. The summed E-state index contributed by atoms with van der Waals surface area (Å²) in [6, 6.07) is 9.26. The number of hydrogen-bond acceptors (Lipinski definition) is 5. The number of nitrogens with zero attached hydrogens (tertiary/aromatic N) is 4. The molecule has 0 unspecified atom stereocenters. The molecule has 3 rings (SSSR count). The van der Waals surface area contributed by atoms with E-state index in [1.54, 1.807) is 6.92 Å². The van der Waals surface area contributed by atoms with Gasteiger partial charge in [0.05, 0.1) is 16.3 Å². The molecule has 0 radical (unpaired) electrons. The molecule has 0 aliphatic carbocycles. The second kappa shape index (κ2) is 7.87. The number of halogens is 3. The van der Waals surface area contributed by atoms with Crippen LogP contribution in [0.15, 0.2) is 64.8 Å². The number of nitrogens with one attached hydrogen (secondary N) is 1. The van der Waals surface area contributed by atoms with Gasteiger partial charge >= 0.3 is 0 Å². The van der Waals surface area contributed by atoms with Crippen molar-refractivity contribution in [3.05, 3.63) is 76.0 Å². The van der Waals surface area contributed by atoms with Crippen molar-refractivity contribution < 1.29 is 4.92 Å². The highest BCUT2D eigenvalue weighted by Gasteiger charge is 2.14. The predicted octanol–water partition coefficient (Wildman–Crippen LogP) is 6.09. The topological polar surface area (TPSA) is 106 Å². The van der Waals surface area contributed by atoms with Gasteiger partial charge in [-0.15, -0.1) is 10.2 Å². The Hall–Kier alpha value is -2.11. The molecule has 8 nitrogen and oxygen atoms in total. The number of aromatic nitrogens is 2. The number of aryl methyl sites for hydroxylation is 1. The highest BCUT2D eigenvalue weighted by molar-refractivity contribution is 9.11. The van der Waals surface area contributed by atoms with Crippen molar-refractivity contribution in [1.29, 1.82) is 0 Å². The summed E-state index contributed by atoms with van der Waals surface area (Å²) in [6.07, 6.45) is 0. The van der Waals surface area contributed by atoms with E-state index in [9.17, 15) is 14.9 Å². The molecule has 0 amide bonds. The van der Waals surface area contributed by atoms with Crippen LogP contribution in [-0.2, 0) is 0 Å². The lowest BCUT2D eigenvalue weighted by molar-refractivity contribution is -0.384. The molecule has 27 heavy (non-hydrogen) atoms. The molecule has 2 aromatic carbocycles. The molecule has 0 aliphatic heterocycles. The third-order valence-corrected chi connectivity index (χ3v) is 5.26. The van der Waals surface area contributed by atoms with Crippen LogP contribution in [0.5, 0.6) is 0 Å². The van der Waals surface area contributed by atoms with Gasteiger partial charge in [0.2, 0.25) is 0 Å². The number of azo groups is 1. The standard InChI is InChI=1S/C16H10Br3N5O3/c1-8-14(20-21-15-12(18)6-9(17)7-13(15)19)16(25)23(22-8)10-2-4-11(5-3-10)24(26)27/h2-7,22H,1H3. The summed E-state index contributed by atoms with van der Waals surface area (Å²) in [5.74, 6) is 0. The van der Waals surface area contributed by atoms with E-state index >= 15 is 0 Å². The Morgan fingerprint density at radius 3 is 2.15 bits per heavy atom. The monoisotopic (exact) mass is 557 g/mol. The first-order valence-electron chi connectivity index (χ1n) is 7.40. The second-order valence-electron chi connectivity index (χ2n) is 5.42. The van der Waals surface area contributed by atoms with Crippen LogP contribution in [0.3, 0.4) is 0 Å². The van der Waals surface area contributed by atoms with Crippen LogP contribution in [0, 0.1) is 17.0 Å². The molecular formula is C16H10Br3N5O3. The molecule has 0 spiro atoms. The van der Waals surface area contributed by atoms with Crippen molar-refractivity contribution in [2.75, 3.05) is 0 Å². The maximum Gasteiger partial charge on any atom is 0.299 e. The lowest BCUT2D eigenvalue weighted by Crippen LogP contribution is -2.13. The summed E-state index contributed by atoms with van der Waals surface area (Å²) in [4.78, 5) is 22.9. The molecule has 11 heteroatoms. The van der Waals surface area contributed by atoms with Gasteiger partial charge in [-0.05, 0) is 63.0 Å². The van der Waals surface area contributed by atoms with Gasteiger partial charge in [0.1, 0.15) is 5.69 Å². The van der Waals surface area contributed by atoms with Gasteiger partial charge in [0.15, 0.2) is 5.69 Å². The zero-order chi connectivity index (χ0) is 19.7. The van der Waals surface area contributed by atoms with Crippen LogP contribution in [0.2, 0.25) is 0 Å². The Morgan fingerprint density at radius 1 is 1.04 bits per heavy atom. The first-order chi connectivity index (χ1) is 12.8. The molecule has 1 N–H and O–H groups in total. The van der Waals surface area contributed by atoms with Crippen LogP contribution < -0.4 is 5.56 Å². The molecule has 0 bridgehead atoms. The van der Waals surface area contributed by atoms with Crippen LogP contribution in [0.1, 0.15) is 5.69 Å². The highest BCUT2D eigenvalue weighted by atomic mass is 79.9. The molecule has 0 saturated carbocycles. The van der Waals surface area contributed by atoms with Crippen molar-refractivity contribution >= 4 is 64.9 Å². The fourth-order valence-electron chi connectivity index (χ4n) is 2.29. The normalized spacial score (nSPS) is 11.3. The fourth-order valence-corrected chi connectivity index (χ4v) is 4.71. The minimum Gasteiger partial charge on any atom is -0.293 e. The molecule has 1 heterocycles. The van der Waals surface area contributed by atoms with Crippen LogP contribution >= 0.6 is 47.8 Å². The van der Waals surface area contributed by atoms with E-state index in [0.717, 1.165) is 4.47 Å². The van der Waals surface area contributed by atoms with Crippen molar-refractivity contribution in [1.82, 2.24) is 9.78 Å². The van der Waals surface area contributed by atoms with E-state index in [1.165, 1.54) is 28.9 Å². The van der Waals surface area contributed by atoms with E-state index in [2.05, 4.69) is 63.1 Å². The van der Waals surface area contributed by atoms with Gasteiger partial charge < -0.3 is 0 Å². The summed E-state index contributed by atoms with van der Waals surface area (Å²) in [5, 5.41) is 21.9. The third-order valence-electron chi connectivity index (χ3n) is 3.59. The number of benzene rings is 2. The maximum atomic E-state index is 12.7. The summed E-state index contributed by atoms with van der Waals surface area (Å²) in [7, 11) is 0. The quantitative estimate of drug-likeness (QED) is 0.238. The van der Waals surface area contributed by atoms with E-state index < -0.39 is 10.5 Å². The number of nitro groups is 1. The lowest BCUT2D eigenvalue weighted by atomic mass is 10.3. The Bertz CT molecular complexity index is 1100. The molecule has 0 fully saturated rings. The Kier molecular flexibility index (Phi) is 5.72. The summed E-state index contributed by atoms with van der Waals surface area (Å²) in [6.45, 7) is 1.70. The Labute approximate surface area is 177 Å². The summed E-state index contributed by atoms with van der Waals surface area (Å²) < 4.78 is 3.53. The molecule has 0 aliphatic rings. The number of aromatic amines is 1. The van der Waals surface area contributed by atoms with Gasteiger partial charge in [-0.1, -0.05) is 15.9 Å². The zero-order valence-electron chi connectivity index (χ0n) is 13.6. The van der Waals surface area contributed by atoms with Crippen LogP contribution in [0.25, 0.3) is 5.69 Å². The van der Waals surface area contributed by atoms with Gasteiger partial charge in [-0.2, -0.15) is 0 Å². The van der Waals surface area contributed by atoms with E-state index in [0.29, 0.717) is 26.0 Å². The predicted molar refractivity (Wildman–Crippen MR) is 111 cm³/mol. The minimum absolute atomic E-state index is 0.0556. The van der Waals surface area contributed by atoms with Crippen molar-refractivity contribution in [3.8, 4) is 5.69 Å². The number of H-pyrrole nitrogens is 1. The third kappa shape index (κ3) is 4.09. The first kappa shape index (κ1) is 19.6.